The number of amides is 1. The molecule has 0 saturated carbocycles. The maximum Gasteiger partial charge on any atom is 0.253 e. The first-order valence-electron chi connectivity index (χ1n) is 5.98. The first-order valence-corrected chi connectivity index (χ1v) is 7.90. The fraction of sp³-hybridized carbons (Fsp3) is 0.133. The van der Waals surface area contributed by atoms with Gasteiger partial charge >= 0.3 is 0 Å². The van der Waals surface area contributed by atoms with Crippen LogP contribution in [0.1, 0.15) is 22.0 Å². The number of benzene rings is 2. The summed E-state index contributed by atoms with van der Waals surface area (Å²) in [7, 11) is 0. The van der Waals surface area contributed by atoms with Crippen molar-refractivity contribution >= 4 is 37.8 Å². The van der Waals surface area contributed by atoms with Gasteiger partial charge in [0.05, 0.1) is 11.6 Å². The molecule has 2 aromatic carbocycles. The van der Waals surface area contributed by atoms with Crippen molar-refractivity contribution in [2.45, 2.75) is 6.04 Å². The number of carbonyl (C=O) groups excluding carboxylic acids is 1. The molecule has 20 heavy (non-hydrogen) atoms. The maximum absolute atomic E-state index is 13.2. The number of hydrogen-bond donors (Lipinski definition) is 1. The maximum atomic E-state index is 13.2. The van der Waals surface area contributed by atoms with Gasteiger partial charge in [-0.15, -0.1) is 0 Å². The van der Waals surface area contributed by atoms with Crippen LogP contribution in [0.5, 0.6) is 0 Å². The van der Waals surface area contributed by atoms with Crippen LogP contribution in [0.2, 0.25) is 0 Å². The molecule has 0 aliphatic heterocycles. The number of carbonyl (C=O) groups is 1. The lowest BCUT2D eigenvalue weighted by molar-refractivity contribution is 0.0939. The zero-order valence-electron chi connectivity index (χ0n) is 10.4. The van der Waals surface area contributed by atoms with Gasteiger partial charge in [0.25, 0.3) is 5.91 Å². The lowest BCUT2D eigenvalue weighted by Gasteiger charge is -2.17. The summed E-state index contributed by atoms with van der Waals surface area (Å²) < 4.78 is 13.8. The molecule has 0 spiro atoms. The predicted octanol–water partition coefficient (Wildman–Crippen LogP) is 4.45. The molecule has 0 bridgehead atoms. The molecule has 0 fully saturated rings. The van der Waals surface area contributed by atoms with E-state index < -0.39 is 5.82 Å². The molecule has 0 saturated heterocycles. The lowest BCUT2D eigenvalue weighted by Crippen LogP contribution is -2.29. The van der Waals surface area contributed by atoms with E-state index in [1.165, 1.54) is 18.2 Å². The second kappa shape index (κ2) is 6.99. The quantitative estimate of drug-likeness (QED) is 0.754. The minimum atomic E-state index is -0.437. The summed E-state index contributed by atoms with van der Waals surface area (Å²) in [6.07, 6.45) is 0. The molecule has 2 aromatic rings. The molecule has 0 aliphatic rings. The highest BCUT2D eigenvalue weighted by molar-refractivity contribution is 9.10. The number of alkyl halides is 1. The number of rotatable bonds is 4. The van der Waals surface area contributed by atoms with E-state index in [0.717, 1.165) is 5.56 Å². The molecular weight excluding hydrogens is 389 g/mol. The van der Waals surface area contributed by atoms with Gasteiger partial charge in [-0.3, -0.25) is 4.79 Å². The summed E-state index contributed by atoms with van der Waals surface area (Å²) in [4.78, 5) is 12.2. The lowest BCUT2D eigenvalue weighted by atomic mass is 10.1. The summed E-state index contributed by atoms with van der Waals surface area (Å²) in [6.45, 7) is 0. The van der Waals surface area contributed by atoms with Crippen LogP contribution in [-0.4, -0.2) is 11.2 Å². The monoisotopic (exact) mass is 399 g/mol. The van der Waals surface area contributed by atoms with Gasteiger partial charge in [0, 0.05) is 9.80 Å². The third-order valence-corrected chi connectivity index (χ3v) is 4.17. The van der Waals surface area contributed by atoms with E-state index in [1.54, 1.807) is 0 Å². The molecule has 1 atom stereocenters. The fourth-order valence-electron chi connectivity index (χ4n) is 1.80. The first kappa shape index (κ1) is 15.2. The Bertz CT molecular complexity index is 604. The van der Waals surface area contributed by atoms with Crippen LogP contribution in [0.15, 0.2) is 53.0 Å². The van der Waals surface area contributed by atoms with E-state index in [4.69, 9.17) is 0 Å². The van der Waals surface area contributed by atoms with Crippen molar-refractivity contribution in [1.82, 2.24) is 5.32 Å². The van der Waals surface area contributed by atoms with E-state index in [9.17, 15) is 9.18 Å². The van der Waals surface area contributed by atoms with Gasteiger partial charge < -0.3 is 5.32 Å². The first-order chi connectivity index (χ1) is 9.61. The van der Waals surface area contributed by atoms with Crippen LogP contribution in [0, 0.1) is 5.82 Å². The molecule has 0 heterocycles. The highest BCUT2D eigenvalue weighted by Crippen LogP contribution is 2.20. The largest absolute Gasteiger partial charge is 0.344 e. The second-order valence-electron chi connectivity index (χ2n) is 4.22. The smallest absolute Gasteiger partial charge is 0.253 e. The van der Waals surface area contributed by atoms with E-state index in [2.05, 4.69) is 37.2 Å². The van der Waals surface area contributed by atoms with Crippen LogP contribution >= 0.6 is 31.9 Å². The van der Waals surface area contributed by atoms with Crippen molar-refractivity contribution in [3.8, 4) is 0 Å². The molecule has 0 aromatic heterocycles. The Morgan fingerprint density at radius 1 is 1.20 bits per heavy atom. The van der Waals surface area contributed by atoms with Crippen LogP contribution in [0.25, 0.3) is 0 Å². The van der Waals surface area contributed by atoms with E-state index in [1.807, 2.05) is 30.3 Å². The van der Waals surface area contributed by atoms with Crippen molar-refractivity contribution in [2.24, 2.45) is 0 Å². The normalized spacial score (nSPS) is 11.9. The van der Waals surface area contributed by atoms with Gasteiger partial charge in [0.1, 0.15) is 5.82 Å². The van der Waals surface area contributed by atoms with Crippen LogP contribution < -0.4 is 5.32 Å². The van der Waals surface area contributed by atoms with Crippen LogP contribution in [-0.2, 0) is 0 Å². The molecular formula is C15H12Br2FNO. The molecule has 1 N–H and O–H groups in total. The Kier molecular flexibility index (Phi) is 5.31. The Balaban J connectivity index is 2.20. The van der Waals surface area contributed by atoms with E-state index in [0.29, 0.717) is 9.80 Å². The summed E-state index contributed by atoms with van der Waals surface area (Å²) in [6, 6.07) is 13.5. The fourth-order valence-corrected chi connectivity index (χ4v) is 2.77. The van der Waals surface area contributed by atoms with Crippen molar-refractivity contribution < 1.29 is 9.18 Å². The standard InChI is InChI=1S/C15H12Br2FNO/c16-9-14(10-4-2-1-3-5-10)19-15(20)12-8-11(18)6-7-13(12)17/h1-8,14H,9H2,(H,19,20). The minimum Gasteiger partial charge on any atom is -0.344 e. The average Bonchev–Trinajstić information content (AvgIpc) is 2.48. The Morgan fingerprint density at radius 3 is 2.55 bits per heavy atom. The zero-order valence-corrected chi connectivity index (χ0v) is 13.6. The summed E-state index contributed by atoms with van der Waals surface area (Å²) >= 11 is 6.65. The summed E-state index contributed by atoms with van der Waals surface area (Å²) in [5.41, 5.74) is 1.28. The van der Waals surface area contributed by atoms with Crippen molar-refractivity contribution in [3.63, 3.8) is 0 Å². The zero-order chi connectivity index (χ0) is 14.5. The van der Waals surface area contributed by atoms with Gasteiger partial charge in [-0.25, -0.2) is 4.39 Å². The SMILES string of the molecule is O=C(NC(CBr)c1ccccc1)c1cc(F)ccc1Br. The van der Waals surface area contributed by atoms with Gasteiger partial charge in [-0.1, -0.05) is 46.3 Å². The Labute approximate surface area is 133 Å². The molecule has 0 aliphatic carbocycles. The van der Waals surface area contributed by atoms with Gasteiger partial charge in [0.2, 0.25) is 0 Å². The van der Waals surface area contributed by atoms with Gasteiger partial charge in [-0.2, -0.15) is 0 Å². The van der Waals surface area contributed by atoms with Crippen LogP contribution in [0.3, 0.4) is 0 Å². The van der Waals surface area contributed by atoms with E-state index in [-0.39, 0.29) is 17.5 Å². The highest BCUT2D eigenvalue weighted by Gasteiger charge is 2.17. The van der Waals surface area contributed by atoms with Crippen molar-refractivity contribution in [1.29, 1.82) is 0 Å². The Morgan fingerprint density at radius 2 is 1.90 bits per heavy atom. The van der Waals surface area contributed by atoms with Crippen LogP contribution in [0.4, 0.5) is 4.39 Å². The van der Waals surface area contributed by atoms with Crippen molar-refractivity contribution in [2.75, 3.05) is 5.33 Å². The molecule has 2 nitrogen and oxygen atoms in total. The van der Waals surface area contributed by atoms with Gasteiger partial charge in [0.15, 0.2) is 0 Å². The topological polar surface area (TPSA) is 29.1 Å². The molecule has 1 amide bonds. The third-order valence-electron chi connectivity index (χ3n) is 2.83. The average molecular weight is 401 g/mol. The molecule has 2 rings (SSSR count). The molecule has 1 unspecified atom stereocenters. The van der Waals surface area contributed by atoms with Gasteiger partial charge in [-0.05, 0) is 39.7 Å². The minimum absolute atomic E-state index is 0.168. The summed E-state index contributed by atoms with van der Waals surface area (Å²) in [5, 5.41) is 3.46. The molecule has 0 radical (unpaired) electrons. The summed E-state index contributed by atoms with van der Waals surface area (Å²) in [5.74, 6) is -0.752. The highest BCUT2D eigenvalue weighted by atomic mass is 79.9. The number of hydrogen-bond acceptors (Lipinski definition) is 1. The molecule has 5 heteroatoms. The second-order valence-corrected chi connectivity index (χ2v) is 5.72. The predicted molar refractivity (Wildman–Crippen MR) is 84.5 cm³/mol. The number of nitrogens with one attached hydrogen (secondary N) is 1. The third kappa shape index (κ3) is 3.67. The van der Waals surface area contributed by atoms with E-state index >= 15 is 0 Å². The molecule has 104 valence electrons. The van der Waals surface area contributed by atoms with Crippen molar-refractivity contribution in [3.05, 3.63) is 69.9 Å². The Hall–Kier alpha value is -1.20. The number of halogens is 3.